The van der Waals surface area contributed by atoms with Gasteiger partial charge in [0.05, 0.1) is 0 Å². The van der Waals surface area contributed by atoms with E-state index in [0.29, 0.717) is 12.4 Å². The lowest BCUT2D eigenvalue weighted by Crippen LogP contribution is -2.41. The van der Waals surface area contributed by atoms with E-state index >= 15 is 0 Å². The zero-order valence-corrected chi connectivity index (χ0v) is 13.9. The molecule has 0 fully saturated rings. The van der Waals surface area contributed by atoms with Crippen molar-refractivity contribution >= 4 is 23.1 Å². The summed E-state index contributed by atoms with van der Waals surface area (Å²) in [5.74, 6) is 0.575. The average Bonchev–Trinajstić information content (AvgIpc) is 3.06. The van der Waals surface area contributed by atoms with Gasteiger partial charge in [0.15, 0.2) is 11.9 Å². The summed E-state index contributed by atoms with van der Waals surface area (Å²) in [7, 11) is 0. The second-order valence-corrected chi connectivity index (χ2v) is 6.04. The van der Waals surface area contributed by atoms with Crippen molar-refractivity contribution in [2.45, 2.75) is 6.92 Å². The molecule has 0 saturated heterocycles. The van der Waals surface area contributed by atoms with Crippen LogP contribution in [0.4, 0.5) is 11.4 Å². The van der Waals surface area contributed by atoms with Gasteiger partial charge in [0.2, 0.25) is 6.67 Å². The largest absolute Gasteiger partial charge is 0.320 e. The van der Waals surface area contributed by atoms with Gasteiger partial charge in [-0.25, -0.2) is 0 Å². The van der Waals surface area contributed by atoms with Gasteiger partial charge in [-0.15, -0.1) is 0 Å². The Morgan fingerprint density at radius 1 is 1.16 bits per heavy atom. The number of hydrogen-bond acceptors (Lipinski definition) is 4. The second-order valence-electron chi connectivity index (χ2n) is 6.04. The van der Waals surface area contributed by atoms with Gasteiger partial charge in [0.1, 0.15) is 0 Å². The lowest BCUT2D eigenvalue weighted by Gasteiger charge is -2.22. The van der Waals surface area contributed by atoms with Crippen LogP contribution < -0.4 is 15.1 Å². The summed E-state index contributed by atoms with van der Waals surface area (Å²) in [5.41, 5.74) is 3.50. The Balaban J connectivity index is 1.50. The smallest absolute Gasteiger partial charge is 0.285 e. The molecule has 5 nitrogen and oxygen atoms in total. The first kappa shape index (κ1) is 15.4. The molecule has 5 heteroatoms. The van der Waals surface area contributed by atoms with Crippen molar-refractivity contribution in [3.8, 4) is 0 Å². The SMILES string of the molecule is Cc1cccc(N2C=CC3=NC(C(=O)Nc4ccccc4)=C[N+]3C2)c1. The van der Waals surface area contributed by atoms with Gasteiger partial charge < -0.3 is 5.32 Å². The Labute approximate surface area is 146 Å². The highest BCUT2D eigenvalue weighted by Gasteiger charge is 2.35. The monoisotopic (exact) mass is 330 g/mol. The van der Waals surface area contributed by atoms with Crippen LogP contribution in [0.3, 0.4) is 0 Å². The molecule has 0 aliphatic carbocycles. The molecule has 123 valence electrons. The highest BCUT2D eigenvalue weighted by atomic mass is 16.2. The third-order valence-electron chi connectivity index (χ3n) is 4.11. The quantitative estimate of drug-likeness (QED) is 0.878. The summed E-state index contributed by atoms with van der Waals surface area (Å²) in [6.45, 7) is 2.70. The minimum absolute atomic E-state index is 0.205. The van der Waals surface area contributed by atoms with Gasteiger partial charge >= 0.3 is 0 Å². The number of fused-ring (bicyclic) bond motifs is 1. The van der Waals surface area contributed by atoms with E-state index in [1.165, 1.54) is 5.56 Å². The molecular weight excluding hydrogens is 312 g/mol. The fourth-order valence-electron chi connectivity index (χ4n) is 2.84. The molecule has 0 saturated carbocycles. The van der Waals surface area contributed by atoms with E-state index < -0.39 is 0 Å². The Kier molecular flexibility index (Phi) is 3.91. The maximum absolute atomic E-state index is 12.4. The number of benzene rings is 2. The molecule has 0 bridgehead atoms. The second kappa shape index (κ2) is 6.37. The molecule has 4 rings (SSSR count). The molecule has 2 aliphatic rings. The van der Waals surface area contributed by atoms with Crippen LogP contribution in [-0.2, 0) is 4.79 Å². The number of nitrogens with zero attached hydrogens (tertiary/aromatic N) is 3. The van der Waals surface area contributed by atoms with E-state index in [9.17, 15) is 4.79 Å². The number of aliphatic imine (C=N–C) groups is 1. The van der Waals surface area contributed by atoms with Gasteiger partial charge in [-0.05, 0) is 36.8 Å². The number of rotatable bonds is 3. The van der Waals surface area contributed by atoms with Crippen LogP contribution in [0, 0.1) is 6.92 Å². The number of nitrogens with one attached hydrogen (secondary N) is 1. The van der Waals surface area contributed by atoms with Gasteiger partial charge in [0, 0.05) is 23.7 Å². The zero-order valence-electron chi connectivity index (χ0n) is 13.9. The van der Waals surface area contributed by atoms with Crippen LogP contribution in [0.15, 0.2) is 83.8 Å². The van der Waals surface area contributed by atoms with Crippen LogP contribution in [0.2, 0.25) is 0 Å². The Bertz CT molecular complexity index is 899. The van der Waals surface area contributed by atoms with Crippen molar-refractivity contribution in [2.75, 3.05) is 16.9 Å². The van der Waals surface area contributed by atoms with Crippen molar-refractivity contribution in [3.63, 3.8) is 0 Å². The molecule has 0 spiro atoms. The molecule has 1 radical (unpaired) electrons. The van der Waals surface area contributed by atoms with Crippen LogP contribution in [0.1, 0.15) is 5.56 Å². The number of carbonyl (C=O) groups is 1. The summed E-state index contributed by atoms with van der Waals surface area (Å²) in [4.78, 5) is 20.9. The van der Waals surface area contributed by atoms with E-state index in [1.807, 2.05) is 53.6 Å². The van der Waals surface area contributed by atoms with E-state index in [0.717, 1.165) is 17.2 Å². The topological polar surface area (TPSA) is 50.6 Å². The lowest BCUT2D eigenvalue weighted by molar-refractivity contribution is -0.112. The first-order valence-corrected chi connectivity index (χ1v) is 8.14. The molecule has 0 aromatic heterocycles. The van der Waals surface area contributed by atoms with Gasteiger partial charge in [0.25, 0.3) is 11.7 Å². The molecule has 2 aliphatic heterocycles. The minimum Gasteiger partial charge on any atom is -0.320 e. The number of aryl methyl sites for hydroxylation is 1. The number of para-hydroxylation sites is 1. The number of amidine groups is 1. The molecule has 2 aromatic rings. The summed E-state index contributed by atoms with van der Waals surface area (Å²) < 4.78 is 0. The van der Waals surface area contributed by atoms with Crippen molar-refractivity contribution in [3.05, 3.63) is 84.3 Å². The van der Waals surface area contributed by atoms with Crippen LogP contribution >= 0.6 is 0 Å². The minimum atomic E-state index is -0.205. The third-order valence-corrected chi connectivity index (χ3v) is 4.11. The summed E-state index contributed by atoms with van der Waals surface area (Å²) >= 11 is 0. The summed E-state index contributed by atoms with van der Waals surface area (Å²) in [6, 6.07) is 17.7. The number of anilines is 2. The molecule has 2 heterocycles. The average molecular weight is 330 g/mol. The summed E-state index contributed by atoms with van der Waals surface area (Å²) in [5, 5.41) is 2.87. The van der Waals surface area contributed by atoms with Gasteiger partial charge in [-0.3, -0.25) is 9.69 Å². The standard InChI is InChI=1S/C20H18N4O/c1-15-6-5-9-17(12-15)23-11-10-19-22-18(13-24(19)14-23)20(25)21-16-7-3-2-4-8-16/h2-13H,14H2,1H3,(H,21,25)/q+1. The van der Waals surface area contributed by atoms with Crippen molar-refractivity contribution in [1.82, 2.24) is 4.90 Å². The Hall–Kier alpha value is -3.18. The van der Waals surface area contributed by atoms with Crippen LogP contribution in [-0.4, -0.2) is 18.4 Å². The zero-order chi connectivity index (χ0) is 17.2. The molecule has 0 atom stereocenters. The highest BCUT2D eigenvalue weighted by Crippen LogP contribution is 2.22. The molecule has 2 aromatic carbocycles. The molecular formula is C20H18N4O+. The van der Waals surface area contributed by atoms with Gasteiger partial charge in [-0.2, -0.15) is 4.99 Å². The van der Waals surface area contributed by atoms with E-state index in [2.05, 4.69) is 40.3 Å². The predicted octanol–water partition coefficient (Wildman–Crippen LogP) is 3.32. The normalized spacial score (nSPS) is 16.3. The van der Waals surface area contributed by atoms with E-state index in [-0.39, 0.29) is 5.91 Å². The van der Waals surface area contributed by atoms with Crippen molar-refractivity contribution in [2.24, 2.45) is 4.99 Å². The van der Waals surface area contributed by atoms with Crippen molar-refractivity contribution < 1.29 is 4.79 Å². The third kappa shape index (κ3) is 3.22. The first-order valence-electron chi connectivity index (χ1n) is 8.14. The Morgan fingerprint density at radius 2 is 2.00 bits per heavy atom. The lowest BCUT2D eigenvalue weighted by atomic mass is 10.2. The van der Waals surface area contributed by atoms with E-state index in [1.54, 1.807) is 6.20 Å². The van der Waals surface area contributed by atoms with Crippen LogP contribution in [0.25, 0.3) is 0 Å². The predicted molar refractivity (Wildman–Crippen MR) is 100 cm³/mol. The maximum atomic E-state index is 12.4. The fraction of sp³-hybridized carbons (Fsp3) is 0.100. The summed E-state index contributed by atoms with van der Waals surface area (Å²) in [6.07, 6.45) is 5.71. The molecule has 1 amide bonds. The number of carbonyl (C=O) groups excluding carboxylic acids is 1. The van der Waals surface area contributed by atoms with Gasteiger partial charge in [-0.1, -0.05) is 35.2 Å². The fourth-order valence-corrected chi connectivity index (χ4v) is 2.84. The molecule has 0 unspecified atom stereocenters. The highest BCUT2D eigenvalue weighted by molar-refractivity contribution is 6.10. The van der Waals surface area contributed by atoms with Crippen molar-refractivity contribution in [1.29, 1.82) is 0 Å². The molecule has 1 N–H and O–H groups in total. The van der Waals surface area contributed by atoms with Crippen LogP contribution in [0.5, 0.6) is 0 Å². The molecule has 25 heavy (non-hydrogen) atoms. The number of amides is 1. The number of hydrogen-bond donors (Lipinski definition) is 1. The maximum Gasteiger partial charge on any atom is 0.285 e. The van der Waals surface area contributed by atoms with E-state index in [4.69, 9.17) is 0 Å². The first-order chi connectivity index (χ1) is 12.2. The Morgan fingerprint density at radius 3 is 2.80 bits per heavy atom.